The van der Waals surface area contributed by atoms with Gasteiger partial charge in [-0.05, 0) is 57.8 Å². The number of nitrogens with zero attached hydrogens (tertiary/aromatic N) is 1. The molecule has 0 radical (unpaired) electrons. The van der Waals surface area contributed by atoms with Crippen LogP contribution in [0.25, 0.3) is 0 Å². The Hall–Kier alpha value is -3.15. The number of hydrogen-bond donors (Lipinski definition) is 4. The Morgan fingerprint density at radius 3 is 2.46 bits per heavy atom. The smallest absolute Gasteiger partial charge is 0.235 e. The molecule has 1 aromatic rings. The molecule has 3 aliphatic carbocycles. The molecule has 11 nitrogen and oxygen atoms in total. The van der Waals surface area contributed by atoms with Gasteiger partial charge in [0.25, 0.3) is 0 Å². The van der Waals surface area contributed by atoms with Gasteiger partial charge in [0.1, 0.15) is 11.5 Å². The summed E-state index contributed by atoms with van der Waals surface area (Å²) in [6.45, 7) is 5.37. The highest BCUT2D eigenvalue weighted by atomic mass is 16.5. The Morgan fingerprint density at radius 2 is 1.90 bits per heavy atom. The molecule has 0 aliphatic heterocycles. The van der Waals surface area contributed by atoms with E-state index in [0.717, 1.165) is 13.0 Å². The van der Waals surface area contributed by atoms with Gasteiger partial charge in [0.05, 0.1) is 24.6 Å². The summed E-state index contributed by atoms with van der Waals surface area (Å²) in [4.78, 5) is 67.7. The Labute approximate surface area is 227 Å². The van der Waals surface area contributed by atoms with E-state index in [0.29, 0.717) is 29.3 Å². The number of fused-ring (bicyclic) bond motifs is 3. The molecule has 4 rings (SSSR count). The van der Waals surface area contributed by atoms with Gasteiger partial charge in [-0.15, -0.1) is 0 Å². The molecule has 2 unspecified atom stereocenters. The number of carbonyl (C=O) groups is 5. The van der Waals surface area contributed by atoms with Crippen LogP contribution in [0.5, 0.6) is 11.5 Å². The summed E-state index contributed by atoms with van der Waals surface area (Å²) >= 11 is 0. The van der Waals surface area contributed by atoms with Crippen molar-refractivity contribution in [3.8, 4) is 11.5 Å². The van der Waals surface area contributed by atoms with Crippen molar-refractivity contribution in [2.24, 2.45) is 35.3 Å². The third kappa shape index (κ3) is 4.46. The number of primary amides is 1. The predicted octanol–water partition coefficient (Wildman–Crippen LogP) is 0.0113. The van der Waals surface area contributed by atoms with Crippen molar-refractivity contribution in [2.75, 3.05) is 27.7 Å². The quantitative estimate of drug-likeness (QED) is 0.258. The SMILES string of the molecule is COc1c(CNCCC(C)C)cc(O)c2c1C[C@H]1C[C@H]3[C@H](N(C)C)C(=O)C(C(N)=O)C(=O)[C@@]3(O)C(=O)C1C2=O. The van der Waals surface area contributed by atoms with Gasteiger partial charge in [0.2, 0.25) is 5.91 Å². The van der Waals surface area contributed by atoms with Crippen molar-refractivity contribution in [1.82, 2.24) is 10.2 Å². The fourth-order valence-corrected chi connectivity index (χ4v) is 6.72. The number of methoxy groups -OCH3 is 1. The van der Waals surface area contributed by atoms with Crippen LogP contribution in [0.2, 0.25) is 0 Å². The zero-order valence-corrected chi connectivity index (χ0v) is 22.9. The monoisotopic (exact) mass is 543 g/mol. The maximum absolute atomic E-state index is 13.9. The van der Waals surface area contributed by atoms with Crippen LogP contribution >= 0.6 is 0 Å². The number of nitrogens with two attached hydrogens (primary N) is 1. The Balaban J connectivity index is 1.77. The third-order valence-electron chi connectivity index (χ3n) is 8.51. The van der Waals surface area contributed by atoms with Gasteiger partial charge in [-0.2, -0.15) is 0 Å². The minimum atomic E-state index is -2.74. The van der Waals surface area contributed by atoms with Gasteiger partial charge in [-0.3, -0.25) is 28.9 Å². The van der Waals surface area contributed by atoms with Crippen LogP contribution in [0, 0.1) is 29.6 Å². The molecule has 0 spiro atoms. The third-order valence-corrected chi connectivity index (χ3v) is 8.51. The van der Waals surface area contributed by atoms with Gasteiger partial charge in [-0.1, -0.05) is 13.8 Å². The highest BCUT2D eigenvalue weighted by Gasteiger charge is 2.69. The van der Waals surface area contributed by atoms with Crippen LogP contribution < -0.4 is 15.8 Å². The lowest BCUT2D eigenvalue weighted by Gasteiger charge is -2.52. The number of aliphatic hydroxyl groups is 1. The van der Waals surface area contributed by atoms with Crippen LogP contribution in [-0.4, -0.2) is 83.5 Å². The van der Waals surface area contributed by atoms with E-state index in [9.17, 15) is 34.2 Å². The number of amides is 1. The topological polar surface area (TPSA) is 176 Å². The van der Waals surface area contributed by atoms with E-state index in [2.05, 4.69) is 19.2 Å². The molecule has 212 valence electrons. The first-order valence-electron chi connectivity index (χ1n) is 13.2. The molecule has 0 aromatic heterocycles. The second-order valence-electron chi connectivity index (χ2n) is 11.6. The van der Waals surface area contributed by atoms with E-state index >= 15 is 0 Å². The number of nitrogens with one attached hydrogen (secondary N) is 1. The number of Topliss-reactive ketones (excluding diaryl/α,β-unsaturated/α-hetero) is 4. The molecule has 6 atom stereocenters. The lowest BCUT2D eigenvalue weighted by molar-refractivity contribution is -0.181. The predicted molar refractivity (Wildman–Crippen MR) is 139 cm³/mol. The van der Waals surface area contributed by atoms with Gasteiger partial charge in [-0.25, -0.2) is 0 Å². The van der Waals surface area contributed by atoms with E-state index in [1.54, 1.807) is 14.1 Å². The number of carbonyl (C=O) groups excluding carboxylic acids is 5. The molecule has 5 N–H and O–H groups in total. The first-order valence-corrected chi connectivity index (χ1v) is 13.2. The van der Waals surface area contributed by atoms with Crippen molar-refractivity contribution >= 4 is 29.0 Å². The van der Waals surface area contributed by atoms with Crippen molar-refractivity contribution in [3.63, 3.8) is 0 Å². The van der Waals surface area contributed by atoms with E-state index < -0.39 is 64.4 Å². The minimum absolute atomic E-state index is 0.00925. The molecular weight excluding hydrogens is 506 g/mol. The number of phenols is 1. The van der Waals surface area contributed by atoms with Crippen molar-refractivity contribution in [1.29, 1.82) is 0 Å². The normalized spacial score (nSPS) is 30.3. The Bertz CT molecular complexity index is 1240. The average molecular weight is 544 g/mol. The largest absolute Gasteiger partial charge is 0.507 e. The van der Waals surface area contributed by atoms with Gasteiger partial charge in [0, 0.05) is 23.6 Å². The summed E-state index contributed by atoms with van der Waals surface area (Å²) in [7, 11) is 4.57. The van der Waals surface area contributed by atoms with Crippen LogP contribution in [0.3, 0.4) is 0 Å². The lowest BCUT2D eigenvalue weighted by Crippen LogP contribution is -2.74. The van der Waals surface area contributed by atoms with Crippen molar-refractivity contribution in [2.45, 2.75) is 51.3 Å². The molecule has 11 heteroatoms. The van der Waals surface area contributed by atoms with Gasteiger partial charge < -0.3 is 26.0 Å². The van der Waals surface area contributed by atoms with Gasteiger partial charge in [0.15, 0.2) is 34.7 Å². The zero-order chi connectivity index (χ0) is 29.0. The standard InChI is InChI=1S/C28H37N3O8/c1-12(2)6-7-30-11-14-10-17(32)19-15(24(14)39-5)8-13-9-16-21(31(3)4)23(34)20(27(29)37)26(36)28(16,38)25(35)18(13)22(19)33/h10,12-13,16,18,20-21,30,32,38H,6-9,11H2,1-5H3,(H2,29,37)/t13-,16-,18?,20?,21-,28-/m0/s1. The summed E-state index contributed by atoms with van der Waals surface area (Å²) in [5.41, 5.74) is 3.63. The summed E-state index contributed by atoms with van der Waals surface area (Å²) < 4.78 is 5.69. The van der Waals surface area contributed by atoms with E-state index in [1.807, 2.05) is 0 Å². The highest BCUT2D eigenvalue weighted by Crippen LogP contribution is 2.52. The first kappa shape index (κ1) is 28.8. The summed E-state index contributed by atoms with van der Waals surface area (Å²) in [6.07, 6.45) is 1.10. The summed E-state index contributed by atoms with van der Waals surface area (Å²) in [5.74, 6) is -9.74. The molecule has 0 heterocycles. The fourth-order valence-electron chi connectivity index (χ4n) is 6.72. The average Bonchev–Trinajstić information content (AvgIpc) is 2.83. The van der Waals surface area contributed by atoms with Gasteiger partial charge >= 0.3 is 0 Å². The Kier molecular flexibility index (Phi) is 7.72. The van der Waals surface area contributed by atoms with Crippen molar-refractivity contribution in [3.05, 3.63) is 22.8 Å². The van der Waals surface area contributed by atoms with E-state index in [-0.39, 0.29) is 24.2 Å². The van der Waals surface area contributed by atoms with Crippen LogP contribution in [0.1, 0.15) is 48.2 Å². The van der Waals surface area contributed by atoms with Crippen LogP contribution in [0.4, 0.5) is 0 Å². The van der Waals surface area contributed by atoms with Crippen LogP contribution in [0.15, 0.2) is 6.07 Å². The number of ether oxygens (including phenoxy) is 1. The molecule has 3 aliphatic rings. The zero-order valence-electron chi connectivity index (χ0n) is 22.9. The summed E-state index contributed by atoms with van der Waals surface area (Å²) in [5, 5.41) is 25.9. The highest BCUT2D eigenvalue weighted by molar-refractivity contribution is 6.32. The number of rotatable bonds is 8. The van der Waals surface area contributed by atoms with Crippen LogP contribution in [-0.2, 0) is 32.1 Å². The fraction of sp³-hybridized carbons (Fsp3) is 0.607. The molecule has 2 saturated carbocycles. The maximum atomic E-state index is 13.9. The molecule has 1 amide bonds. The van der Waals surface area contributed by atoms with E-state index in [4.69, 9.17) is 10.5 Å². The molecular formula is C28H37N3O8. The number of phenolic OH excluding ortho intramolecular Hbond substituents is 1. The molecule has 0 bridgehead atoms. The minimum Gasteiger partial charge on any atom is -0.507 e. The number of benzene rings is 1. The molecule has 0 saturated heterocycles. The number of likely N-dealkylation sites (N-methyl/N-ethyl adjacent to an activating group) is 1. The maximum Gasteiger partial charge on any atom is 0.235 e. The second-order valence-corrected chi connectivity index (χ2v) is 11.6. The van der Waals surface area contributed by atoms with Crippen molar-refractivity contribution < 1.29 is 38.9 Å². The van der Waals surface area contributed by atoms with E-state index in [1.165, 1.54) is 18.1 Å². The second kappa shape index (κ2) is 10.4. The molecule has 2 fully saturated rings. The lowest BCUT2D eigenvalue weighted by atomic mass is 9.52. The Morgan fingerprint density at radius 1 is 1.23 bits per heavy atom. The first-order chi connectivity index (χ1) is 18.3. The molecule has 1 aromatic carbocycles. The molecule has 39 heavy (non-hydrogen) atoms. The number of hydrogen-bond acceptors (Lipinski definition) is 10. The number of aromatic hydroxyl groups is 1. The number of ketones is 4. The summed E-state index contributed by atoms with van der Waals surface area (Å²) in [6, 6.07) is 0.289.